The number of hydrogen-bond acceptors (Lipinski definition) is 5. The Morgan fingerprint density at radius 2 is 1.72 bits per heavy atom. The van der Waals surface area contributed by atoms with Crippen molar-refractivity contribution in [1.82, 2.24) is 14.5 Å². The SMILES string of the molecule is CC(=O)NCc1ccc(C(=O)N2CCN(S(=O)(=O)c3ccc(C)c(C)c3)CC2)s1. The summed E-state index contributed by atoms with van der Waals surface area (Å²) in [5.74, 6) is -0.223. The fourth-order valence-electron chi connectivity index (χ4n) is 3.11. The number of carbonyl (C=O) groups excluding carboxylic acids is 2. The van der Waals surface area contributed by atoms with E-state index in [4.69, 9.17) is 0 Å². The summed E-state index contributed by atoms with van der Waals surface area (Å²) in [7, 11) is -3.57. The Morgan fingerprint density at radius 3 is 2.34 bits per heavy atom. The summed E-state index contributed by atoms with van der Waals surface area (Å²) in [5.41, 5.74) is 1.99. The standard InChI is InChI=1S/C20H25N3O4S2/c1-14-4-6-18(12-15(14)2)29(26,27)23-10-8-22(9-11-23)20(25)19-7-5-17(28-19)13-21-16(3)24/h4-7,12H,8-11,13H2,1-3H3,(H,21,24). The average Bonchev–Trinajstić information content (AvgIpc) is 3.17. The van der Waals surface area contributed by atoms with E-state index in [0.29, 0.717) is 29.4 Å². The second kappa shape index (κ2) is 8.64. The highest BCUT2D eigenvalue weighted by atomic mass is 32.2. The van der Waals surface area contributed by atoms with Crippen molar-refractivity contribution in [3.8, 4) is 0 Å². The number of carbonyl (C=O) groups is 2. The summed E-state index contributed by atoms with van der Waals surface area (Å²) >= 11 is 1.34. The van der Waals surface area contributed by atoms with Gasteiger partial charge in [-0.1, -0.05) is 6.07 Å². The van der Waals surface area contributed by atoms with Crippen LogP contribution >= 0.6 is 11.3 Å². The number of hydrogen-bond donors (Lipinski definition) is 1. The molecule has 2 amide bonds. The van der Waals surface area contributed by atoms with Crippen LogP contribution in [0.4, 0.5) is 0 Å². The van der Waals surface area contributed by atoms with Gasteiger partial charge >= 0.3 is 0 Å². The first kappa shape index (κ1) is 21.5. The molecule has 1 aliphatic rings. The lowest BCUT2D eigenvalue weighted by Gasteiger charge is -2.33. The molecule has 0 aliphatic carbocycles. The predicted octanol–water partition coefficient (Wildman–Crippen LogP) is 2.15. The van der Waals surface area contributed by atoms with Gasteiger partial charge < -0.3 is 10.2 Å². The molecule has 1 aromatic heterocycles. The van der Waals surface area contributed by atoms with Crippen LogP contribution in [0.2, 0.25) is 0 Å². The van der Waals surface area contributed by atoms with E-state index in [9.17, 15) is 18.0 Å². The lowest BCUT2D eigenvalue weighted by molar-refractivity contribution is -0.119. The number of nitrogens with one attached hydrogen (secondary N) is 1. The first-order chi connectivity index (χ1) is 13.7. The van der Waals surface area contributed by atoms with Crippen LogP contribution in [0.25, 0.3) is 0 Å². The Bertz CT molecular complexity index is 1020. The molecule has 0 spiro atoms. The van der Waals surface area contributed by atoms with E-state index in [0.717, 1.165) is 16.0 Å². The number of aryl methyl sites for hydroxylation is 2. The zero-order chi connectivity index (χ0) is 21.2. The van der Waals surface area contributed by atoms with E-state index in [1.807, 2.05) is 26.0 Å². The quantitative estimate of drug-likeness (QED) is 0.780. The van der Waals surface area contributed by atoms with Crippen molar-refractivity contribution in [2.75, 3.05) is 26.2 Å². The van der Waals surface area contributed by atoms with Gasteiger partial charge in [-0.2, -0.15) is 4.31 Å². The molecule has 0 radical (unpaired) electrons. The van der Waals surface area contributed by atoms with Crippen LogP contribution in [-0.4, -0.2) is 55.6 Å². The molecule has 1 fully saturated rings. The van der Waals surface area contributed by atoms with Crippen LogP contribution in [-0.2, 0) is 21.4 Å². The highest BCUT2D eigenvalue weighted by Crippen LogP contribution is 2.23. The maximum absolute atomic E-state index is 12.9. The summed E-state index contributed by atoms with van der Waals surface area (Å²) in [5, 5.41) is 2.71. The molecule has 0 bridgehead atoms. The Balaban J connectivity index is 1.63. The Morgan fingerprint density at radius 1 is 1.03 bits per heavy atom. The monoisotopic (exact) mass is 435 g/mol. The minimum Gasteiger partial charge on any atom is -0.351 e. The molecule has 29 heavy (non-hydrogen) atoms. The molecule has 2 aromatic rings. The summed E-state index contributed by atoms with van der Waals surface area (Å²) in [6.07, 6.45) is 0. The van der Waals surface area contributed by atoms with Crippen LogP contribution in [0.15, 0.2) is 35.2 Å². The maximum Gasteiger partial charge on any atom is 0.264 e. The lowest BCUT2D eigenvalue weighted by atomic mass is 10.1. The number of thiophene rings is 1. The fraction of sp³-hybridized carbons (Fsp3) is 0.400. The van der Waals surface area contributed by atoms with Gasteiger partial charge in [0.2, 0.25) is 15.9 Å². The van der Waals surface area contributed by atoms with Crippen molar-refractivity contribution in [3.63, 3.8) is 0 Å². The van der Waals surface area contributed by atoms with E-state index >= 15 is 0 Å². The van der Waals surface area contributed by atoms with Gasteiger partial charge in [0, 0.05) is 38.0 Å². The molecule has 1 aromatic carbocycles. The lowest BCUT2D eigenvalue weighted by Crippen LogP contribution is -2.50. The van der Waals surface area contributed by atoms with Crippen molar-refractivity contribution in [2.45, 2.75) is 32.2 Å². The maximum atomic E-state index is 12.9. The molecule has 1 N–H and O–H groups in total. The van der Waals surface area contributed by atoms with Crippen LogP contribution in [0.1, 0.15) is 32.6 Å². The zero-order valence-corrected chi connectivity index (χ0v) is 18.4. The third-order valence-electron chi connectivity index (χ3n) is 5.03. The van der Waals surface area contributed by atoms with E-state index in [2.05, 4.69) is 5.32 Å². The number of piperazine rings is 1. The Hall–Kier alpha value is -2.23. The fourth-order valence-corrected chi connectivity index (χ4v) is 5.53. The van der Waals surface area contributed by atoms with Crippen molar-refractivity contribution in [1.29, 1.82) is 0 Å². The minimum absolute atomic E-state index is 0.104. The topological polar surface area (TPSA) is 86.8 Å². The first-order valence-electron chi connectivity index (χ1n) is 9.38. The smallest absolute Gasteiger partial charge is 0.264 e. The normalized spacial score (nSPS) is 15.3. The number of sulfonamides is 1. The van der Waals surface area contributed by atoms with Crippen LogP contribution in [0.3, 0.4) is 0 Å². The summed E-state index contributed by atoms with van der Waals surface area (Å²) in [6, 6.07) is 8.73. The molecule has 9 heteroatoms. The van der Waals surface area contributed by atoms with Gasteiger partial charge in [-0.05, 0) is 49.2 Å². The highest BCUT2D eigenvalue weighted by Gasteiger charge is 2.31. The number of amides is 2. The second-order valence-corrected chi connectivity index (χ2v) is 10.2. The van der Waals surface area contributed by atoms with Crippen molar-refractivity contribution < 1.29 is 18.0 Å². The van der Waals surface area contributed by atoms with Gasteiger partial charge in [-0.25, -0.2) is 8.42 Å². The number of nitrogens with zero attached hydrogens (tertiary/aromatic N) is 2. The van der Waals surface area contributed by atoms with Gasteiger partial charge in [-0.15, -0.1) is 11.3 Å². The Labute approximate surface area is 175 Å². The predicted molar refractivity (Wildman–Crippen MR) is 112 cm³/mol. The summed E-state index contributed by atoms with van der Waals surface area (Å²) in [6.45, 7) is 6.93. The van der Waals surface area contributed by atoms with Crippen molar-refractivity contribution >= 4 is 33.2 Å². The zero-order valence-electron chi connectivity index (χ0n) is 16.8. The largest absolute Gasteiger partial charge is 0.351 e. The van der Waals surface area contributed by atoms with Gasteiger partial charge in [0.1, 0.15) is 0 Å². The minimum atomic E-state index is -3.57. The number of benzene rings is 1. The summed E-state index contributed by atoms with van der Waals surface area (Å²) in [4.78, 5) is 27.2. The second-order valence-electron chi connectivity index (χ2n) is 7.12. The molecule has 0 atom stereocenters. The molecule has 7 nitrogen and oxygen atoms in total. The molecule has 1 saturated heterocycles. The van der Waals surface area contributed by atoms with Crippen LogP contribution in [0.5, 0.6) is 0 Å². The molecule has 156 valence electrons. The molecule has 0 unspecified atom stereocenters. The van der Waals surface area contributed by atoms with Crippen molar-refractivity contribution in [2.24, 2.45) is 0 Å². The molecular weight excluding hydrogens is 410 g/mol. The van der Waals surface area contributed by atoms with Gasteiger partial charge in [0.05, 0.1) is 16.3 Å². The first-order valence-corrected chi connectivity index (χ1v) is 11.6. The van der Waals surface area contributed by atoms with E-state index < -0.39 is 10.0 Å². The average molecular weight is 436 g/mol. The van der Waals surface area contributed by atoms with E-state index in [1.165, 1.54) is 22.6 Å². The highest BCUT2D eigenvalue weighted by molar-refractivity contribution is 7.89. The van der Waals surface area contributed by atoms with Crippen molar-refractivity contribution in [3.05, 3.63) is 51.2 Å². The number of rotatable bonds is 5. The van der Waals surface area contributed by atoms with E-state index in [1.54, 1.807) is 23.1 Å². The van der Waals surface area contributed by atoms with Gasteiger partial charge in [0.15, 0.2) is 0 Å². The third kappa shape index (κ3) is 4.85. The molecule has 1 aliphatic heterocycles. The molecule has 2 heterocycles. The molecule has 3 rings (SSSR count). The van der Waals surface area contributed by atoms with Gasteiger partial charge in [-0.3, -0.25) is 9.59 Å². The molecular formula is C20H25N3O4S2. The van der Waals surface area contributed by atoms with E-state index in [-0.39, 0.29) is 24.9 Å². The molecule has 0 saturated carbocycles. The Kier molecular flexibility index (Phi) is 6.40. The summed E-state index contributed by atoms with van der Waals surface area (Å²) < 4.78 is 27.3. The third-order valence-corrected chi connectivity index (χ3v) is 7.99. The van der Waals surface area contributed by atoms with Gasteiger partial charge in [0.25, 0.3) is 5.91 Å². The van der Waals surface area contributed by atoms with Crippen LogP contribution in [0, 0.1) is 13.8 Å². The van der Waals surface area contributed by atoms with Crippen LogP contribution < -0.4 is 5.32 Å².